The van der Waals surface area contributed by atoms with Gasteiger partial charge in [-0.2, -0.15) is 17.5 Å². The normalized spacial score (nSPS) is 16.3. The van der Waals surface area contributed by atoms with Gasteiger partial charge < -0.3 is 19.8 Å². The quantitative estimate of drug-likeness (QED) is 0.700. The van der Waals surface area contributed by atoms with E-state index in [9.17, 15) is 26.4 Å². The van der Waals surface area contributed by atoms with Crippen molar-refractivity contribution in [3.8, 4) is 0 Å². The lowest BCUT2D eigenvalue weighted by Crippen LogP contribution is -2.40. The molecule has 1 aromatic heterocycles. The summed E-state index contributed by atoms with van der Waals surface area (Å²) in [5, 5.41) is 4.36. The van der Waals surface area contributed by atoms with Gasteiger partial charge in [-0.25, -0.2) is 13.2 Å². The average Bonchev–Trinajstić information content (AvgIpc) is 3.08. The molecule has 0 spiro atoms. The highest BCUT2D eigenvalue weighted by Gasteiger charge is 2.33. The van der Waals surface area contributed by atoms with Crippen molar-refractivity contribution in [2.24, 2.45) is 0 Å². The van der Waals surface area contributed by atoms with Gasteiger partial charge in [0, 0.05) is 32.0 Å². The highest BCUT2D eigenvalue weighted by molar-refractivity contribution is 7.89. The van der Waals surface area contributed by atoms with Gasteiger partial charge in [0.25, 0.3) is 10.0 Å². The molecule has 0 saturated carbocycles. The van der Waals surface area contributed by atoms with Crippen LogP contribution in [-0.2, 0) is 20.9 Å². The van der Waals surface area contributed by atoms with Crippen molar-refractivity contribution < 1.29 is 35.5 Å². The van der Waals surface area contributed by atoms with Crippen molar-refractivity contribution >= 4 is 27.4 Å². The number of piperidine rings is 1. The second kappa shape index (κ2) is 8.89. The summed E-state index contributed by atoms with van der Waals surface area (Å²) in [4.78, 5) is 12.2. The van der Waals surface area contributed by atoms with Gasteiger partial charge in [-0.1, -0.05) is 6.07 Å². The number of hydrogen-bond acceptors (Lipinski definition) is 5. The number of methoxy groups -OCH3 is 1. The first-order valence-corrected chi connectivity index (χ1v) is 10.8. The number of nitrogens with one attached hydrogen (secondary N) is 2. The van der Waals surface area contributed by atoms with E-state index in [-0.39, 0.29) is 41.4 Å². The van der Waals surface area contributed by atoms with Gasteiger partial charge in [-0.3, -0.25) is 0 Å². The number of alkyl halides is 3. The van der Waals surface area contributed by atoms with Crippen LogP contribution < -0.4 is 10.6 Å². The minimum absolute atomic E-state index is 0.00144. The van der Waals surface area contributed by atoms with Gasteiger partial charge in [0.05, 0.1) is 17.4 Å². The van der Waals surface area contributed by atoms with Crippen molar-refractivity contribution in [2.75, 3.05) is 30.8 Å². The number of amides is 2. The summed E-state index contributed by atoms with van der Waals surface area (Å²) in [7, 11) is -2.32. The number of ether oxygens (including phenoxy) is 1. The largest absolute Gasteiger partial charge is 0.446 e. The van der Waals surface area contributed by atoms with E-state index in [1.807, 2.05) is 0 Å². The Bertz CT molecular complexity index is 1040. The third-order valence-corrected chi connectivity index (χ3v) is 6.67. The van der Waals surface area contributed by atoms with Gasteiger partial charge in [0.2, 0.25) is 5.09 Å². The smallest absolute Gasteiger partial charge is 0.416 e. The number of halogens is 3. The number of hydrogen-bond donors (Lipinski definition) is 2. The maximum atomic E-state index is 12.8. The fraction of sp³-hybridized carbons (Fsp3) is 0.421. The van der Waals surface area contributed by atoms with E-state index in [4.69, 9.17) is 9.15 Å². The Morgan fingerprint density at radius 1 is 1.19 bits per heavy atom. The predicted molar refractivity (Wildman–Crippen MR) is 106 cm³/mol. The van der Waals surface area contributed by atoms with Crippen molar-refractivity contribution in [3.63, 3.8) is 0 Å². The Labute approximate surface area is 177 Å². The number of furan rings is 1. The third kappa shape index (κ3) is 5.38. The maximum Gasteiger partial charge on any atom is 0.416 e. The Morgan fingerprint density at radius 2 is 1.87 bits per heavy atom. The SMILES string of the molecule is COC1CCN(S(=O)(=O)c2cc(NC(=O)Nc3cccc(C(F)(F)F)c3)c(C)o2)CC1. The summed E-state index contributed by atoms with van der Waals surface area (Å²) in [5.41, 5.74) is -0.882. The van der Waals surface area contributed by atoms with Gasteiger partial charge >= 0.3 is 12.2 Å². The third-order valence-electron chi connectivity index (χ3n) is 4.92. The number of anilines is 2. The lowest BCUT2D eigenvalue weighted by atomic mass is 10.1. The minimum atomic E-state index is -4.55. The first kappa shape index (κ1) is 23.1. The molecule has 1 fully saturated rings. The molecule has 0 aliphatic carbocycles. The second-order valence-electron chi connectivity index (χ2n) is 7.03. The maximum absolute atomic E-state index is 12.8. The number of sulfonamides is 1. The molecule has 2 aromatic rings. The Morgan fingerprint density at radius 3 is 2.48 bits per heavy atom. The average molecular weight is 461 g/mol. The molecule has 1 saturated heterocycles. The molecule has 0 radical (unpaired) electrons. The van der Waals surface area contributed by atoms with Gasteiger partial charge in [-0.05, 0) is 38.0 Å². The molecule has 2 N–H and O–H groups in total. The van der Waals surface area contributed by atoms with Crippen molar-refractivity contribution in [3.05, 3.63) is 41.7 Å². The standard InChI is InChI=1S/C19H22F3N3O5S/c1-12-16(24-18(26)23-14-5-3-4-13(10-14)19(20,21)22)11-17(30-12)31(27,28)25-8-6-15(29-2)7-9-25/h3-5,10-11,15H,6-9H2,1-2H3,(H2,23,24,26). The van der Waals surface area contributed by atoms with Crippen LogP contribution in [0.3, 0.4) is 0 Å². The van der Waals surface area contributed by atoms with Crippen LogP contribution in [-0.4, -0.2) is 45.1 Å². The Hall–Kier alpha value is -2.57. The molecule has 2 amide bonds. The number of aryl methyl sites for hydroxylation is 1. The lowest BCUT2D eigenvalue weighted by molar-refractivity contribution is -0.137. The zero-order chi connectivity index (χ0) is 22.8. The molecule has 3 rings (SSSR count). The van der Waals surface area contributed by atoms with Crippen molar-refractivity contribution in [2.45, 2.75) is 37.1 Å². The topological polar surface area (TPSA) is 101 Å². The highest BCUT2D eigenvalue weighted by atomic mass is 32.2. The predicted octanol–water partition coefficient (Wildman–Crippen LogP) is 4.05. The van der Waals surface area contributed by atoms with Gasteiger partial charge in [0.15, 0.2) is 0 Å². The number of benzene rings is 1. The van der Waals surface area contributed by atoms with Crippen LogP contribution in [0.2, 0.25) is 0 Å². The number of rotatable bonds is 5. The summed E-state index contributed by atoms with van der Waals surface area (Å²) >= 11 is 0. The summed E-state index contributed by atoms with van der Waals surface area (Å²) in [6.45, 7) is 2.02. The zero-order valence-corrected chi connectivity index (χ0v) is 17.6. The number of nitrogens with zero attached hydrogens (tertiary/aromatic N) is 1. The van der Waals surface area contributed by atoms with Crippen molar-refractivity contribution in [1.29, 1.82) is 0 Å². The molecule has 170 valence electrons. The molecule has 0 bridgehead atoms. The first-order valence-electron chi connectivity index (χ1n) is 9.39. The molecule has 31 heavy (non-hydrogen) atoms. The summed E-state index contributed by atoms with van der Waals surface area (Å²) in [6.07, 6.45) is -3.43. The highest BCUT2D eigenvalue weighted by Crippen LogP contribution is 2.31. The van der Waals surface area contributed by atoms with E-state index < -0.39 is 27.8 Å². The first-order chi connectivity index (χ1) is 14.5. The fourth-order valence-corrected chi connectivity index (χ4v) is 4.64. The number of carbonyl (C=O) groups is 1. The molecule has 8 nitrogen and oxygen atoms in total. The van der Waals surface area contributed by atoms with E-state index in [0.29, 0.717) is 12.8 Å². The summed E-state index contributed by atoms with van der Waals surface area (Å²) in [5.74, 6) is 0.143. The molecular weight excluding hydrogens is 439 g/mol. The van der Waals surface area contributed by atoms with E-state index in [1.165, 1.54) is 29.4 Å². The number of carbonyl (C=O) groups excluding carboxylic acids is 1. The van der Waals surface area contributed by atoms with Crippen LogP contribution in [0.25, 0.3) is 0 Å². The molecular formula is C19H22F3N3O5S. The molecule has 1 aromatic carbocycles. The van der Waals surface area contributed by atoms with Gasteiger partial charge in [0.1, 0.15) is 5.76 Å². The van der Waals surface area contributed by atoms with Crippen LogP contribution in [0.1, 0.15) is 24.2 Å². The van der Waals surface area contributed by atoms with E-state index >= 15 is 0 Å². The molecule has 2 heterocycles. The van der Waals surface area contributed by atoms with Crippen LogP contribution >= 0.6 is 0 Å². The molecule has 1 aliphatic rings. The Kier molecular flexibility index (Phi) is 6.62. The second-order valence-corrected chi connectivity index (χ2v) is 8.90. The van der Waals surface area contributed by atoms with Crippen LogP contribution in [0.4, 0.5) is 29.3 Å². The minimum Gasteiger partial charge on any atom is -0.446 e. The lowest BCUT2D eigenvalue weighted by Gasteiger charge is -2.29. The number of urea groups is 1. The van der Waals surface area contributed by atoms with Crippen LogP contribution in [0.5, 0.6) is 0 Å². The van der Waals surface area contributed by atoms with E-state index in [1.54, 1.807) is 7.11 Å². The fourth-order valence-electron chi connectivity index (χ4n) is 3.20. The summed E-state index contributed by atoms with van der Waals surface area (Å²) < 4.78 is 75.9. The van der Waals surface area contributed by atoms with Crippen LogP contribution in [0.15, 0.2) is 39.8 Å². The van der Waals surface area contributed by atoms with Gasteiger partial charge in [-0.15, -0.1) is 0 Å². The van der Waals surface area contributed by atoms with Crippen LogP contribution in [0, 0.1) is 6.92 Å². The molecule has 0 unspecified atom stereocenters. The molecule has 12 heteroatoms. The van der Waals surface area contributed by atoms with E-state index in [0.717, 1.165) is 12.1 Å². The molecule has 1 aliphatic heterocycles. The molecule has 0 atom stereocenters. The zero-order valence-electron chi connectivity index (χ0n) is 16.8. The summed E-state index contributed by atoms with van der Waals surface area (Å²) in [6, 6.07) is 4.49. The Balaban J connectivity index is 1.69. The monoisotopic (exact) mass is 461 g/mol. The van der Waals surface area contributed by atoms with E-state index in [2.05, 4.69) is 10.6 Å². The van der Waals surface area contributed by atoms with Crippen molar-refractivity contribution in [1.82, 2.24) is 4.31 Å².